The van der Waals surface area contributed by atoms with Crippen LogP contribution >= 0.6 is 11.3 Å². The number of anilines is 1. The molecule has 136 valence electrons. The number of aryl methyl sites for hydroxylation is 1. The van der Waals surface area contributed by atoms with E-state index in [2.05, 4.69) is 20.7 Å². The van der Waals surface area contributed by atoms with Gasteiger partial charge in [0.25, 0.3) is 11.8 Å². The molecule has 4 rings (SSSR count). The summed E-state index contributed by atoms with van der Waals surface area (Å²) in [5.41, 5.74) is 7.20. The molecule has 3 aromatic heterocycles. The predicted molar refractivity (Wildman–Crippen MR) is 97.0 cm³/mol. The van der Waals surface area contributed by atoms with Crippen LogP contribution in [-0.4, -0.2) is 43.1 Å². The molecule has 0 aromatic carbocycles. The lowest BCUT2D eigenvalue weighted by molar-refractivity contribution is 0.0933. The Morgan fingerprint density at radius 2 is 1.96 bits per heavy atom. The lowest BCUT2D eigenvalue weighted by Crippen LogP contribution is -2.37. The second-order valence-electron chi connectivity index (χ2n) is 6.46. The van der Waals surface area contributed by atoms with E-state index in [1.807, 2.05) is 17.8 Å². The quantitative estimate of drug-likeness (QED) is 0.625. The van der Waals surface area contributed by atoms with Crippen molar-refractivity contribution < 1.29 is 9.59 Å². The fourth-order valence-corrected chi connectivity index (χ4v) is 3.91. The Kier molecular flexibility index (Phi) is 4.11. The van der Waals surface area contributed by atoms with Gasteiger partial charge in [0, 0.05) is 36.9 Å². The Hall–Kier alpha value is -2.88. The van der Waals surface area contributed by atoms with Crippen molar-refractivity contribution in [2.24, 2.45) is 7.05 Å². The SMILES string of the molecule is Cn1ccn2ncc(C(=O)N[C@@H]3CC[C@H](NC(=O)c4csc(N)n4)C3)c12. The topological polar surface area (TPSA) is 119 Å². The first-order valence-electron chi connectivity index (χ1n) is 8.32. The number of imidazole rings is 1. The number of aromatic nitrogens is 4. The number of carbonyl (C=O) groups is 2. The molecule has 1 aliphatic rings. The highest BCUT2D eigenvalue weighted by Gasteiger charge is 2.29. The third-order valence-electron chi connectivity index (χ3n) is 4.64. The van der Waals surface area contributed by atoms with Gasteiger partial charge in [0.15, 0.2) is 5.13 Å². The first kappa shape index (κ1) is 16.6. The average molecular weight is 373 g/mol. The van der Waals surface area contributed by atoms with Gasteiger partial charge < -0.3 is 20.9 Å². The number of fused-ring (bicyclic) bond motifs is 1. The van der Waals surface area contributed by atoms with Crippen molar-refractivity contribution >= 4 is 33.9 Å². The fourth-order valence-electron chi connectivity index (χ4n) is 3.37. The maximum atomic E-state index is 12.6. The van der Waals surface area contributed by atoms with Crippen molar-refractivity contribution in [1.29, 1.82) is 0 Å². The molecular formula is C16H19N7O2S. The monoisotopic (exact) mass is 373 g/mol. The van der Waals surface area contributed by atoms with Crippen molar-refractivity contribution in [3.63, 3.8) is 0 Å². The summed E-state index contributed by atoms with van der Waals surface area (Å²) in [6.45, 7) is 0. The van der Waals surface area contributed by atoms with Gasteiger partial charge in [-0.15, -0.1) is 11.3 Å². The first-order valence-corrected chi connectivity index (χ1v) is 9.20. The standard InChI is InChI=1S/C16H19N7O2S/c1-22-4-5-23-15(22)11(7-18-23)13(24)19-9-2-3-10(6-9)20-14(25)12-8-26-16(17)21-12/h4-5,7-10H,2-3,6H2,1H3,(H2,17,21)(H,19,24)(H,20,25)/t9-,10+/m1/s1. The number of hydrogen-bond donors (Lipinski definition) is 3. The van der Waals surface area contributed by atoms with Gasteiger partial charge in [-0.2, -0.15) is 5.10 Å². The molecule has 1 aliphatic carbocycles. The predicted octanol–water partition coefficient (Wildman–Crippen LogP) is 0.792. The molecule has 2 amide bonds. The minimum Gasteiger partial charge on any atom is -0.375 e. The molecule has 9 nitrogen and oxygen atoms in total. The summed E-state index contributed by atoms with van der Waals surface area (Å²) in [5.74, 6) is -0.372. The van der Waals surface area contributed by atoms with Crippen LogP contribution in [0, 0.1) is 0 Å². The smallest absolute Gasteiger partial charge is 0.271 e. The Labute approximate surface area is 153 Å². The third-order valence-corrected chi connectivity index (χ3v) is 5.31. The number of thiazole rings is 1. The van der Waals surface area contributed by atoms with E-state index in [9.17, 15) is 9.59 Å². The molecule has 3 aromatic rings. The van der Waals surface area contributed by atoms with Crippen molar-refractivity contribution in [2.75, 3.05) is 5.73 Å². The van der Waals surface area contributed by atoms with Crippen molar-refractivity contribution in [3.05, 3.63) is 35.2 Å². The fraction of sp³-hybridized carbons (Fsp3) is 0.375. The summed E-state index contributed by atoms with van der Waals surface area (Å²) in [4.78, 5) is 28.7. The second kappa shape index (κ2) is 6.45. The second-order valence-corrected chi connectivity index (χ2v) is 7.35. The maximum absolute atomic E-state index is 12.6. The van der Waals surface area contributed by atoms with E-state index in [1.54, 1.807) is 22.3 Å². The summed E-state index contributed by atoms with van der Waals surface area (Å²) in [6.07, 6.45) is 7.54. The Bertz CT molecular complexity index is 972. The van der Waals surface area contributed by atoms with Crippen LogP contribution in [0.1, 0.15) is 40.1 Å². The van der Waals surface area contributed by atoms with Gasteiger partial charge >= 0.3 is 0 Å². The van der Waals surface area contributed by atoms with Crippen LogP contribution in [0.5, 0.6) is 0 Å². The molecule has 26 heavy (non-hydrogen) atoms. The van der Waals surface area contributed by atoms with E-state index in [-0.39, 0.29) is 23.9 Å². The lowest BCUT2D eigenvalue weighted by atomic mass is 10.2. The van der Waals surface area contributed by atoms with Crippen LogP contribution in [-0.2, 0) is 7.05 Å². The van der Waals surface area contributed by atoms with Gasteiger partial charge in [-0.05, 0) is 19.3 Å². The van der Waals surface area contributed by atoms with E-state index < -0.39 is 0 Å². The zero-order chi connectivity index (χ0) is 18.3. The number of nitrogens with one attached hydrogen (secondary N) is 2. The third kappa shape index (κ3) is 3.03. The Morgan fingerprint density at radius 3 is 2.65 bits per heavy atom. The number of hydrogen-bond acceptors (Lipinski definition) is 6. The molecule has 1 saturated carbocycles. The van der Waals surface area contributed by atoms with Gasteiger partial charge in [-0.1, -0.05) is 0 Å². The van der Waals surface area contributed by atoms with Gasteiger partial charge in [0.1, 0.15) is 16.9 Å². The largest absolute Gasteiger partial charge is 0.375 e. The minimum absolute atomic E-state index is 0.0120. The van der Waals surface area contributed by atoms with Crippen molar-refractivity contribution in [1.82, 2.24) is 29.8 Å². The zero-order valence-corrected chi connectivity index (χ0v) is 15.0. The maximum Gasteiger partial charge on any atom is 0.271 e. The van der Waals surface area contributed by atoms with Gasteiger partial charge in [0.2, 0.25) is 0 Å². The molecule has 1 fully saturated rings. The Balaban J connectivity index is 1.36. The molecule has 0 spiro atoms. The van der Waals surface area contributed by atoms with Crippen LogP contribution in [0.15, 0.2) is 24.0 Å². The summed E-state index contributed by atoms with van der Waals surface area (Å²) < 4.78 is 3.53. The lowest BCUT2D eigenvalue weighted by Gasteiger charge is -2.14. The molecular weight excluding hydrogens is 354 g/mol. The number of amides is 2. The Morgan fingerprint density at radius 1 is 1.23 bits per heavy atom. The highest BCUT2D eigenvalue weighted by molar-refractivity contribution is 7.13. The highest BCUT2D eigenvalue weighted by Crippen LogP contribution is 2.21. The molecule has 10 heteroatoms. The van der Waals surface area contributed by atoms with E-state index in [0.29, 0.717) is 22.8 Å². The van der Waals surface area contributed by atoms with Crippen LogP contribution in [0.3, 0.4) is 0 Å². The highest BCUT2D eigenvalue weighted by atomic mass is 32.1. The number of carbonyl (C=O) groups excluding carboxylic acids is 2. The molecule has 0 bridgehead atoms. The number of nitrogens with zero attached hydrogens (tertiary/aromatic N) is 4. The van der Waals surface area contributed by atoms with E-state index in [4.69, 9.17) is 5.73 Å². The summed E-state index contributed by atoms with van der Waals surface area (Å²) in [5, 5.41) is 12.2. The molecule has 2 atom stereocenters. The van der Waals surface area contributed by atoms with Crippen LogP contribution in [0.2, 0.25) is 0 Å². The molecule has 4 N–H and O–H groups in total. The van der Waals surface area contributed by atoms with Gasteiger partial charge in [0.05, 0.1) is 6.20 Å². The van der Waals surface area contributed by atoms with E-state index >= 15 is 0 Å². The molecule has 0 aliphatic heterocycles. The van der Waals surface area contributed by atoms with Gasteiger partial charge in [-0.3, -0.25) is 9.59 Å². The van der Waals surface area contributed by atoms with E-state index in [1.165, 1.54) is 11.3 Å². The summed E-state index contributed by atoms with van der Waals surface area (Å²) in [7, 11) is 1.88. The number of nitrogens with two attached hydrogens (primary N) is 1. The van der Waals surface area contributed by atoms with Crippen molar-refractivity contribution in [3.8, 4) is 0 Å². The van der Waals surface area contributed by atoms with Crippen LogP contribution in [0.25, 0.3) is 5.65 Å². The number of nitrogen functional groups attached to an aromatic ring is 1. The minimum atomic E-state index is -0.225. The van der Waals surface area contributed by atoms with Crippen molar-refractivity contribution in [2.45, 2.75) is 31.3 Å². The summed E-state index contributed by atoms with van der Waals surface area (Å²) in [6, 6.07) is 0.0291. The van der Waals surface area contributed by atoms with Crippen LogP contribution < -0.4 is 16.4 Å². The number of rotatable bonds is 4. The molecule has 0 unspecified atom stereocenters. The van der Waals surface area contributed by atoms with E-state index in [0.717, 1.165) is 18.5 Å². The first-order chi connectivity index (χ1) is 12.5. The average Bonchev–Trinajstić information content (AvgIpc) is 3.35. The van der Waals surface area contributed by atoms with Crippen LogP contribution in [0.4, 0.5) is 5.13 Å². The zero-order valence-electron chi connectivity index (χ0n) is 14.2. The molecule has 0 saturated heterocycles. The normalized spacial score (nSPS) is 19.7. The molecule has 3 heterocycles. The van der Waals surface area contributed by atoms with Gasteiger partial charge in [-0.25, -0.2) is 9.50 Å². The summed E-state index contributed by atoms with van der Waals surface area (Å²) >= 11 is 1.24. The molecule has 0 radical (unpaired) electrons.